The summed E-state index contributed by atoms with van der Waals surface area (Å²) in [5, 5.41) is 6.45. The zero-order valence-electron chi connectivity index (χ0n) is 6.18. The second-order valence-electron chi connectivity index (χ2n) is 2.67. The van der Waals surface area contributed by atoms with Crippen molar-refractivity contribution in [1.82, 2.24) is 10.6 Å². The molecule has 1 saturated heterocycles. The van der Waals surface area contributed by atoms with E-state index in [-0.39, 0.29) is 12.0 Å². The quantitative estimate of drug-likeness (QED) is 0.534. The van der Waals surface area contributed by atoms with E-state index in [1.54, 1.807) is 0 Å². The molecule has 1 radical (unpaired) electrons. The molecule has 3 nitrogen and oxygen atoms in total. The minimum absolute atomic E-state index is 0.00722. The highest BCUT2D eigenvalue weighted by Crippen LogP contribution is 1.99. The summed E-state index contributed by atoms with van der Waals surface area (Å²) >= 11 is 0. The fourth-order valence-electron chi connectivity index (χ4n) is 1.11. The van der Waals surface area contributed by atoms with Crippen LogP contribution in [0.25, 0.3) is 0 Å². The fraction of sp³-hybridized carbons (Fsp3) is 0.857. The molecule has 1 rings (SSSR count). The predicted molar refractivity (Wildman–Crippen MR) is 39.5 cm³/mol. The van der Waals surface area contributed by atoms with E-state index in [1.807, 2.05) is 13.2 Å². The lowest BCUT2D eigenvalue weighted by molar-refractivity contribution is 0.365. The summed E-state index contributed by atoms with van der Waals surface area (Å²) in [4.78, 5) is 10.2. The second-order valence-corrected chi connectivity index (χ2v) is 2.67. The lowest BCUT2D eigenvalue weighted by Gasteiger charge is -2.26. The summed E-state index contributed by atoms with van der Waals surface area (Å²) in [6, 6.07) is 0.284. The molecule has 2 N–H and O–H groups in total. The van der Waals surface area contributed by atoms with E-state index >= 15 is 0 Å². The first-order chi connectivity index (χ1) is 4.84. The topological polar surface area (TPSA) is 41.1 Å². The molecule has 1 heterocycles. The van der Waals surface area contributed by atoms with E-state index in [1.165, 1.54) is 0 Å². The molecule has 0 bridgehead atoms. The van der Waals surface area contributed by atoms with E-state index in [9.17, 15) is 4.79 Å². The van der Waals surface area contributed by atoms with Crippen molar-refractivity contribution in [3.63, 3.8) is 0 Å². The zero-order valence-corrected chi connectivity index (χ0v) is 6.18. The molecule has 0 aliphatic carbocycles. The molecule has 0 aromatic rings. The Labute approximate surface area is 61.2 Å². The van der Waals surface area contributed by atoms with Crippen LogP contribution in [-0.2, 0) is 4.79 Å². The summed E-state index contributed by atoms with van der Waals surface area (Å²) in [6.45, 7) is 4.73. The van der Waals surface area contributed by atoms with Crippen molar-refractivity contribution in [1.29, 1.82) is 0 Å². The third kappa shape index (κ3) is 1.78. The van der Waals surface area contributed by atoms with Crippen LogP contribution in [0.15, 0.2) is 0 Å². The van der Waals surface area contributed by atoms with Gasteiger partial charge in [-0.05, 0) is 0 Å². The summed E-state index contributed by atoms with van der Waals surface area (Å²) in [6.07, 6.45) is 1.98. The van der Waals surface area contributed by atoms with E-state index < -0.39 is 0 Å². The van der Waals surface area contributed by atoms with Gasteiger partial charge in [0.05, 0.1) is 0 Å². The van der Waals surface area contributed by atoms with Crippen molar-refractivity contribution in [2.24, 2.45) is 5.92 Å². The Morgan fingerprint density at radius 1 is 1.60 bits per heavy atom. The lowest BCUT2D eigenvalue weighted by Crippen LogP contribution is -2.51. The Bertz CT molecular complexity index is 110. The largest absolute Gasteiger partial charge is 0.314 e. The maximum Gasteiger partial charge on any atom is 0.203 e. The van der Waals surface area contributed by atoms with Crippen molar-refractivity contribution < 1.29 is 4.79 Å². The minimum Gasteiger partial charge on any atom is -0.314 e. The third-order valence-corrected chi connectivity index (χ3v) is 1.86. The van der Waals surface area contributed by atoms with Crippen LogP contribution >= 0.6 is 0 Å². The second kappa shape index (κ2) is 3.68. The lowest BCUT2D eigenvalue weighted by atomic mass is 10.0. The molecule has 3 heteroatoms. The van der Waals surface area contributed by atoms with Crippen LogP contribution in [0.2, 0.25) is 0 Å². The van der Waals surface area contributed by atoms with Gasteiger partial charge in [0.1, 0.15) is 0 Å². The number of rotatable bonds is 2. The Hall–Kier alpha value is -0.410. The molecule has 2 unspecified atom stereocenters. The van der Waals surface area contributed by atoms with Crippen LogP contribution in [0.1, 0.15) is 6.92 Å². The van der Waals surface area contributed by atoms with Gasteiger partial charge in [-0.25, -0.2) is 0 Å². The molecule has 0 saturated carbocycles. The molecule has 1 aliphatic rings. The standard InChI is InChI=1S/C7H13N2O/c1-6(5-10)7-4-8-2-3-9-7/h6-9H,2-4H2,1H3. The first kappa shape index (κ1) is 7.69. The van der Waals surface area contributed by atoms with Gasteiger partial charge in [0.25, 0.3) is 0 Å². The summed E-state index contributed by atoms with van der Waals surface area (Å²) in [5.41, 5.74) is 0. The molecule has 57 valence electrons. The molecular formula is C7H13N2O. The minimum atomic E-state index is 0.00722. The zero-order chi connectivity index (χ0) is 7.40. The van der Waals surface area contributed by atoms with Gasteiger partial charge in [0.15, 0.2) is 0 Å². The molecule has 10 heavy (non-hydrogen) atoms. The van der Waals surface area contributed by atoms with Crippen LogP contribution in [-0.4, -0.2) is 32.0 Å². The highest BCUT2D eigenvalue weighted by molar-refractivity contribution is 5.55. The molecule has 1 fully saturated rings. The molecule has 0 aromatic carbocycles. The normalized spacial score (nSPS) is 29.5. The van der Waals surface area contributed by atoms with Gasteiger partial charge in [0.2, 0.25) is 6.29 Å². The first-order valence-corrected chi connectivity index (χ1v) is 3.66. The predicted octanol–water partition coefficient (Wildman–Crippen LogP) is -0.706. The Morgan fingerprint density at radius 3 is 2.90 bits per heavy atom. The van der Waals surface area contributed by atoms with Gasteiger partial charge < -0.3 is 10.6 Å². The van der Waals surface area contributed by atoms with E-state index in [2.05, 4.69) is 10.6 Å². The van der Waals surface area contributed by atoms with E-state index in [0.29, 0.717) is 0 Å². The monoisotopic (exact) mass is 141 g/mol. The Kier molecular flexibility index (Phi) is 2.83. The highest BCUT2D eigenvalue weighted by Gasteiger charge is 2.18. The van der Waals surface area contributed by atoms with Crippen molar-refractivity contribution in [2.75, 3.05) is 19.6 Å². The van der Waals surface area contributed by atoms with E-state index in [4.69, 9.17) is 0 Å². The smallest absolute Gasteiger partial charge is 0.203 e. The van der Waals surface area contributed by atoms with Crippen LogP contribution in [0.4, 0.5) is 0 Å². The van der Waals surface area contributed by atoms with Crippen LogP contribution in [0.3, 0.4) is 0 Å². The maximum atomic E-state index is 10.2. The van der Waals surface area contributed by atoms with Gasteiger partial charge in [-0.1, -0.05) is 6.92 Å². The van der Waals surface area contributed by atoms with Crippen molar-refractivity contribution in [2.45, 2.75) is 13.0 Å². The fourth-order valence-corrected chi connectivity index (χ4v) is 1.11. The average molecular weight is 141 g/mol. The number of hydrogen-bond donors (Lipinski definition) is 2. The van der Waals surface area contributed by atoms with Crippen molar-refractivity contribution in [3.8, 4) is 0 Å². The molecule has 0 amide bonds. The maximum absolute atomic E-state index is 10.2. The number of piperazine rings is 1. The third-order valence-electron chi connectivity index (χ3n) is 1.86. The first-order valence-electron chi connectivity index (χ1n) is 3.66. The molecule has 2 atom stereocenters. The Balaban J connectivity index is 2.30. The van der Waals surface area contributed by atoms with Crippen LogP contribution < -0.4 is 10.6 Å². The molecule has 0 spiro atoms. The summed E-state index contributed by atoms with van der Waals surface area (Å²) in [5.74, 6) is 0.00722. The van der Waals surface area contributed by atoms with E-state index in [0.717, 1.165) is 19.6 Å². The molecule has 1 aliphatic heterocycles. The highest BCUT2D eigenvalue weighted by atomic mass is 16.1. The molecular weight excluding hydrogens is 128 g/mol. The average Bonchev–Trinajstić information content (AvgIpc) is 2.05. The van der Waals surface area contributed by atoms with Gasteiger partial charge >= 0.3 is 0 Å². The van der Waals surface area contributed by atoms with Crippen molar-refractivity contribution in [3.05, 3.63) is 0 Å². The number of carbonyl (C=O) groups excluding carboxylic acids is 1. The SMILES string of the molecule is CC([C]=O)C1CNCCN1. The van der Waals surface area contributed by atoms with Crippen LogP contribution in [0, 0.1) is 5.92 Å². The number of nitrogens with one attached hydrogen (secondary N) is 2. The van der Waals surface area contributed by atoms with Crippen molar-refractivity contribution >= 4 is 6.29 Å². The summed E-state index contributed by atoms with van der Waals surface area (Å²) in [7, 11) is 0. The Morgan fingerprint density at radius 2 is 2.40 bits per heavy atom. The van der Waals surface area contributed by atoms with Gasteiger partial charge in [-0.15, -0.1) is 0 Å². The molecule has 0 aromatic heterocycles. The van der Waals surface area contributed by atoms with Gasteiger partial charge in [-0.3, -0.25) is 4.79 Å². The van der Waals surface area contributed by atoms with Gasteiger partial charge in [-0.2, -0.15) is 0 Å². The number of hydrogen-bond acceptors (Lipinski definition) is 3. The summed E-state index contributed by atoms with van der Waals surface area (Å²) < 4.78 is 0. The van der Waals surface area contributed by atoms with Gasteiger partial charge in [0, 0.05) is 31.6 Å². The van der Waals surface area contributed by atoms with Crippen LogP contribution in [0.5, 0.6) is 0 Å².